The van der Waals surface area contributed by atoms with Gasteiger partial charge in [-0.05, 0) is 42.8 Å². The second-order valence-electron chi connectivity index (χ2n) is 7.50. The van der Waals surface area contributed by atoms with Crippen molar-refractivity contribution in [3.05, 3.63) is 58.5 Å². The number of carboxylic acids is 1. The normalized spacial score (nSPS) is 14.7. The third-order valence-electron chi connectivity index (χ3n) is 4.85. The van der Waals surface area contributed by atoms with Gasteiger partial charge in [0.1, 0.15) is 4.32 Å². The number of ether oxygens (including phenoxy) is 2. The van der Waals surface area contributed by atoms with Gasteiger partial charge in [0.2, 0.25) is 0 Å². The average Bonchev–Trinajstić information content (AvgIpc) is 3.09. The van der Waals surface area contributed by atoms with Crippen molar-refractivity contribution in [1.82, 2.24) is 4.90 Å². The van der Waals surface area contributed by atoms with E-state index in [1.165, 1.54) is 23.1 Å². The molecule has 0 saturated carbocycles. The maximum absolute atomic E-state index is 13.1. The monoisotopic (exact) mass is 554 g/mol. The smallest absolute Gasteiger partial charge is 0.418 e. The number of halogens is 3. The maximum Gasteiger partial charge on any atom is 0.418 e. The zero-order chi connectivity index (χ0) is 27.2. The molecule has 1 heterocycles. The van der Waals surface area contributed by atoms with Crippen molar-refractivity contribution >= 4 is 57.8 Å². The molecule has 2 aromatic carbocycles. The largest absolute Gasteiger partial charge is 0.490 e. The number of nitrogens with zero attached hydrogens (tertiary/aromatic N) is 1. The number of thioether (sulfide) groups is 1. The minimum absolute atomic E-state index is 0.0379. The number of amides is 2. The van der Waals surface area contributed by atoms with Crippen LogP contribution in [0, 0.1) is 0 Å². The van der Waals surface area contributed by atoms with Crippen LogP contribution in [0.3, 0.4) is 0 Å². The molecule has 0 bridgehead atoms. The summed E-state index contributed by atoms with van der Waals surface area (Å²) in [6.07, 6.45) is -3.31. The number of nitrogens with one attached hydrogen (secondary N) is 1. The van der Waals surface area contributed by atoms with Gasteiger partial charge >= 0.3 is 12.1 Å². The molecule has 8 nitrogen and oxygen atoms in total. The molecule has 0 radical (unpaired) electrons. The summed E-state index contributed by atoms with van der Waals surface area (Å²) < 4.78 is 50.7. The molecule has 3 rings (SSSR count). The van der Waals surface area contributed by atoms with E-state index in [1.807, 2.05) is 0 Å². The number of aliphatic carboxylic acids is 1. The van der Waals surface area contributed by atoms with E-state index in [-0.39, 0.29) is 41.1 Å². The lowest BCUT2D eigenvalue weighted by Gasteiger charge is -2.15. The highest BCUT2D eigenvalue weighted by Crippen LogP contribution is 2.36. The molecule has 37 heavy (non-hydrogen) atoms. The quantitative estimate of drug-likeness (QED) is 0.319. The van der Waals surface area contributed by atoms with Gasteiger partial charge in [-0.1, -0.05) is 42.2 Å². The van der Waals surface area contributed by atoms with E-state index in [9.17, 15) is 27.6 Å². The van der Waals surface area contributed by atoms with Crippen molar-refractivity contribution in [2.24, 2.45) is 0 Å². The van der Waals surface area contributed by atoms with Gasteiger partial charge in [-0.15, -0.1) is 0 Å². The Kier molecular flexibility index (Phi) is 9.16. The lowest BCUT2D eigenvalue weighted by atomic mass is 10.1. The molecule has 1 saturated heterocycles. The first-order valence-corrected chi connectivity index (χ1v) is 12.0. The lowest BCUT2D eigenvalue weighted by molar-refractivity contribution is -0.138. The van der Waals surface area contributed by atoms with Crippen LogP contribution in [0.15, 0.2) is 47.4 Å². The van der Waals surface area contributed by atoms with Crippen LogP contribution in [-0.2, 0) is 20.6 Å². The van der Waals surface area contributed by atoms with Crippen LogP contribution in [0.25, 0.3) is 6.08 Å². The Hall–Kier alpha value is -3.58. The molecule has 196 valence electrons. The first-order chi connectivity index (χ1) is 17.5. The first-order valence-electron chi connectivity index (χ1n) is 10.8. The maximum atomic E-state index is 13.1. The van der Waals surface area contributed by atoms with Gasteiger partial charge in [0.15, 0.2) is 18.1 Å². The zero-order valence-electron chi connectivity index (χ0n) is 19.3. The Bertz CT molecular complexity index is 1250. The number of carbonyl (C=O) groups excluding carboxylic acids is 2. The Morgan fingerprint density at radius 2 is 1.89 bits per heavy atom. The fourth-order valence-corrected chi connectivity index (χ4v) is 4.53. The highest BCUT2D eigenvalue weighted by Gasteiger charge is 2.34. The van der Waals surface area contributed by atoms with Crippen LogP contribution >= 0.6 is 24.0 Å². The summed E-state index contributed by atoms with van der Waals surface area (Å²) in [6.45, 7) is 1.37. The van der Waals surface area contributed by atoms with Gasteiger partial charge in [-0.3, -0.25) is 19.3 Å². The van der Waals surface area contributed by atoms with Crippen molar-refractivity contribution in [2.45, 2.75) is 19.5 Å². The van der Waals surface area contributed by atoms with Crippen LogP contribution < -0.4 is 14.8 Å². The molecule has 2 aromatic rings. The average molecular weight is 555 g/mol. The number of rotatable bonds is 10. The van der Waals surface area contributed by atoms with Crippen LogP contribution in [-0.4, -0.2) is 51.9 Å². The van der Waals surface area contributed by atoms with Gasteiger partial charge < -0.3 is 19.9 Å². The molecular weight excluding hydrogens is 533 g/mol. The summed E-state index contributed by atoms with van der Waals surface area (Å²) in [5, 5.41) is 11.1. The predicted octanol–water partition coefficient (Wildman–Crippen LogP) is 4.80. The standard InChI is InChI=1S/C24H21F3N2O6S2/c1-2-34-18-11-14(12-19-22(33)29(23(36)37-19)10-9-21(31)32)7-8-17(18)35-13-20(30)28-16-6-4-3-5-15(16)24(25,26)27/h3-8,11-12H,2,9-10,13H2,1H3,(H,28,30)(H,31,32)/b19-12-. The molecule has 2 N–H and O–H groups in total. The predicted molar refractivity (Wildman–Crippen MR) is 135 cm³/mol. The van der Waals surface area contributed by atoms with Gasteiger partial charge in [0.25, 0.3) is 11.8 Å². The summed E-state index contributed by atoms with van der Waals surface area (Å²) in [5.74, 6) is -1.83. The van der Waals surface area contributed by atoms with Gasteiger partial charge in [0.05, 0.1) is 29.2 Å². The summed E-state index contributed by atoms with van der Waals surface area (Å²) in [7, 11) is 0. The first kappa shape index (κ1) is 28.0. The zero-order valence-corrected chi connectivity index (χ0v) is 21.0. The molecule has 0 spiro atoms. The number of alkyl halides is 3. The van der Waals surface area contributed by atoms with E-state index in [1.54, 1.807) is 25.1 Å². The third-order valence-corrected chi connectivity index (χ3v) is 6.23. The van der Waals surface area contributed by atoms with Gasteiger partial charge in [0, 0.05) is 6.54 Å². The summed E-state index contributed by atoms with van der Waals surface area (Å²) in [6, 6.07) is 9.27. The van der Waals surface area contributed by atoms with Crippen molar-refractivity contribution in [2.75, 3.05) is 25.1 Å². The number of hydrogen-bond acceptors (Lipinski definition) is 7. The van der Waals surface area contributed by atoms with E-state index in [4.69, 9.17) is 26.8 Å². The van der Waals surface area contributed by atoms with Crippen molar-refractivity contribution in [1.29, 1.82) is 0 Å². The van der Waals surface area contributed by atoms with Crippen molar-refractivity contribution < 1.29 is 42.1 Å². The van der Waals surface area contributed by atoms with E-state index in [2.05, 4.69) is 5.32 Å². The minimum Gasteiger partial charge on any atom is -0.490 e. The summed E-state index contributed by atoms with van der Waals surface area (Å²) >= 11 is 6.21. The third kappa shape index (κ3) is 7.46. The number of hydrogen-bond donors (Lipinski definition) is 2. The second-order valence-corrected chi connectivity index (χ2v) is 9.17. The van der Waals surface area contributed by atoms with Crippen molar-refractivity contribution in [3.63, 3.8) is 0 Å². The molecule has 1 aliphatic heterocycles. The van der Waals surface area contributed by atoms with Crippen LogP contribution in [0.2, 0.25) is 0 Å². The number of anilines is 1. The molecular formula is C24H21F3N2O6S2. The van der Waals surface area contributed by atoms with Crippen molar-refractivity contribution in [3.8, 4) is 11.5 Å². The summed E-state index contributed by atoms with van der Waals surface area (Å²) in [4.78, 5) is 37.2. The number of carboxylic acid groups (broad SMARTS) is 1. The molecule has 13 heteroatoms. The molecule has 2 amide bonds. The fraction of sp³-hybridized carbons (Fsp3) is 0.250. The number of benzene rings is 2. The van der Waals surface area contributed by atoms with Crippen LogP contribution in [0.5, 0.6) is 11.5 Å². The Morgan fingerprint density at radius 1 is 1.16 bits per heavy atom. The van der Waals surface area contributed by atoms with Crippen LogP contribution in [0.4, 0.5) is 18.9 Å². The molecule has 1 fully saturated rings. The SMILES string of the molecule is CCOc1cc(/C=C2\SC(=S)N(CCC(=O)O)C2=O)ccc1OCC(=O)Nc1ccccc1C(F)(F)F. The van der Waals surface area contributed by atoms with E-state index in [0.717, 1.165) is 23.9 Å². The number of carbonyl (C=O) groups is 3. The molecule has 0 aliphatic carbocycles. The minimum atomic E-state index is -4.63. The highest BCUT2D eigenvalue weighted by atomic mass is 32.2. The number of thiocarbonyl (C=S) groups is 1. The Labute approximate surface area is 219 Å². The fourth-order valence-electron chi connectivity index (χ4n) is 3.22. The van der Waals surface area contributed by atoms with Gasteiger partial charge in [-0.25, -0.2) is 0 Å². The lowest BCUT2D eigenvalue weighted by Crippen LogP contribution is -2.30. The summed E-state index contributed by atoms with van der Waals surface area (Å²) in [5.41, 5.74) is -0.807. The second kappa shape index (κ2) is 12.1. The Balaban J connectivity index is 1.71. The number of para-hydroxylation sites is 1. The van der Waals surface area contributed by atoms with E-state index < -0.39 is 36.1 Å². The molecule has 0 atom stereocenters. The Morgan fingerprint density at radius 3 is 2.57 bits per heavy atom. The molecule has 0 aromatic heterocycles. The van der Waals surface area contributed by atoms with E-state index in [0.29, 0.717) is 10.5 Å². The highest BCUT2D eigenvalue weighted by molar-refractivity contribution is 8.26. The van der Waals surface area contributed by atoms with Crippen LogP contribution in [0.1, 0.15) is 24.5 Å². The van der Waals surface area contributed by atoms with E-state index >= 15 is 0 Å². The van der Waals surface area contributed by atoms with Gasteiger partial charge in [-0.2, -0.15) is 13.2 Å². The topological polar surface area (TPSA) is 105 Å². The molecule has 0 unspecified atom stereocenters. The molecule has 1 aliphatic rings.